The Labute approximate surface area is 78.9 Å². The molecule has 1 saturated heterocycles. The Balaban J connectivity index is 2.56. The first-order chi connectivity index (χ1) is 5.61. The van der Waals surface area contributed by atoms with Crippen LogP contribution in [0.15, 0.2) is 0 Å². The van der Waals surface area contributed by atoms with E-state index in [-0.39, 0.29) is 17.2 Å². The van der Waals surface area contributed by atoms with E-state index in [1.54, 1.807) is 0 Å². The third-order valence-electron chi connectivity index (χ3n) is 2.42. The second kappa shape index (κ2) is 4.13. The molecule has 1 fully saturated rings. The van der Waals surface area contributed by atoms with Crippen molar-refractivity contribution in [2.75, 3.05) is 13.6 Å². The van der Waals surface area contributed by atoms with Crippen molar-refractivity contribution in [3.05, 3.63) is 0 Å². The van der Waals surface area contributed by atoms with Crippen LogP contribution in [-0.2, 0) is 4.79 Å². The van der Waals surface area contributed by atoms with Crippen molar-refractivity contribution in [1.29, 1.82) is 0 Å². The molecule has 0 saturated carbocycles. The molecule has 0 aliphatic carbocycles. The lowest BCUT2D eigenvalue weighted by molar-refractivity contribution is -0.134. The molecular weight excluding hydrogens is 174 g/mol. The number of rotatable bonds is 0. The summed E-state index contributed by atoms with van der Waals surface area (Å²) in [6.45, 7) is 2.81. The summed E-state index contributed by atoms with van der Waals surface area (Å²) in [6.07, 6.45) is 2.89. The van der Waals surface area contributed by atoms with Crippen LogP contribution < -0.4 is 0 Å². The van der Waals surface area contributed by atoms with Crippen LogP contribution in [0.4, 0.5) is 0 Å². The van der Waals surface area contributed by atoms with Gasteiger partial charge in [0.25, 0.3) is 0 Å². The van der Waals surface area contributed by atoms with Gasteiger partial charge in [0.15, 0.2) is 0 Å². The summed E-state index contributed by atoms with van der Waals surface area (Å²) in [5.41, 5.74) is 0. The van der Waals surface area contributed by atoms with E-state index in [0.29, 0.717) is 0 Å². The van der Waals surface area contributed by atoms with E-state index < -0.39 is 0 Å². The molecule has 1 heterocycles. The predicted molar refractivity (Wildman–Crippen MR) is 50.3 cm³/mol. The number of hydrogen-bond acceptors (Lipinski definition) is 1. The first kappa shape index (κ1) is 9.85. The number of carbonyl (C=O) groups excluding carboxylic acids is 1. The predicted octanol–water partition coefficient (Wildman–Crippen LogP) is 1.87. The lowest BCUT2D eigenvalue weighted by atomic mass is 9.99. The van der Waals surface area contributed by atoms with Crippen molar-refractivity contribution in [2.24, 2.45) is 5.92 Å². The van der Waals surface area contributed by atoms with E-state index in [9.17, 15) is 4.79 Å². The van der Waals surface area contributed by atoms with Crippen molar-refractivity contribution in [1.82, 2.24) is 4.90 Å². The Morgan fingerprint density at radius 1 is 1.58 bits per heavy atom. The fourth-order valence-corrected chi connectivity index (χ4v) is 2.06. The highest BCUT2D eigenvalue weighted by molar-refractivity contribution is 6.20. The van der Waals surface area contributed by atoms with Gasteiger partial charge in [0.05, 0.1) is 0 Å². The van der Waals surface area contributed by atoms with Gasteiger partial charge in [-0.15, -0.1) is 11.6 Å². The van der Waals surface area contributed by atoms with Crippen molar-refractivity contribution in [2.45, 2.75) is 31.6 Å². The molecule has 70 valence electrons. The number of likely N-dealkylation sites (tertiary alicyclic amines) is 1. The Hall–Kier alpha value is -0.240. The first-order valence-corrected chi connectivity index (χ1v) is 4.94. The van der Waals surface area contributed by atoms with Gasteiger partial charge in [-0.25, -0.2) is 0 Å². The van der Waals surface area contributed by atoms with Gasteiger partial charge in [0, 0.05) is 24.9 Å². The van der Waals surface area contributed by atoms with Crippen LogP contribution in [0.3, 0.4) is 0 Å². The van der Waals surface area contributed by atoms with Crippen LogP contribution in [0, 0.1) is 5.92 Å². The van der Waals surface area contributed by atoms with Crippen LogP contribution in [0.1, 0.15) is 26.2 Å². The number of alkyl halides is 1. The van der Waals surface area contributed by atoms with Crippen LogP contribution in [0.25, 0.3) is 0 Å². The van der Waals surface area contributed by atoms with Crippen LogP contribution in [0.5, 0.6) is 0 Å². The van der Waals surface area contributed by atoms with E-state index in [2.05, 4.69) is 0 Å². The van der Waals surface area contributed by atoms with Crippen LogP contribution in [0.2, 0.25) is 0 Å². The van der Waals surface area contributed by atoms with Gasteiger partial charge in [0.1, 0.15) is 0 Å². The number of halogens is 1. The van der Waals surface area contributed by atoms with E-state index in [0.717, 1.165) is 25.8 Å². The molecule has 1 aliphatic heterocycles. The molecule has 3 heteroatoms. The number of hydrogen-bond donors (Lipinski definition) is 0. The van der Waals surface area contributed by atoms with Crippen molar-refractivity contribution in [3.8, 4) is 0 Å². The Morgan fingerprint density at radius 3 is 2.92 bits per heavy atom. The van der Waals surface area contributed by atoms with E-state index in [1.165, 1.54) is 0 Å². The molecule has 0 aromatic rings. The first-order valence-electron chi connectivity index (χ1n) is 4.50. The molecular formula is C9H16ClNO. The standard InChI is InChI=1S/C9H16ClNO/c1-7-6-8(10)4-3-5-11(2)9(7)12/h7-8H,3-6H2,1-2H3. The molecule has 2 atom stereocenters. The summed E-state index contributed by atoms with van der Waals surface area (Å²) < 4.78 is 0. The molecule has 2 unspecified atom stereocenters. The van der Waals surface area contributed by atoms with E-state index >= 15 is 0 Å². The van der Waals surface area contributed by atoms with Gasteiger partial charge in [-0.3, -0.25) is 4.79 Å². The molecule has 0 radical (unpaired) electrons. The Kier molecular flexibility index (Phi) is 3.39. The second-order valence-electron chi connectivity index (χ2n) is 3.64. The molecule has 0 N–H and O–H groups in total. The average Bonchev–Trinajstić information content (AvgIpc) is 2.01. The molecule has 0 bridgehead atoms. The fraction of sp³-hybridized carbons (Fsp3) is 0.889. The lowest BCUT2D eigenvalue weighted by Gasteiger charge is -2.26. The topological polar surface area (TPSA) is 20.3 Å². The Morgan fingerprint density at radius 2 is 2.25 bits per heavy atom. The van der Waals surface area contributed by atoms with Crippen LogP contribution >= 0.6 is 11.6 Å². The van der Waals surface area contributed by atoms with E-state index in [4.69, 9.17) is 11.6 Å². The summed E-state index contributed by atoms with van der Waals surface area (Å²) in [5.74, 6) is 0.332. The molecule has 0 aromatic heterocycles. The highest BCUT2D eigenvalue weighted by atomic mass is 35.5. The third-order valence-corrected chi connectivity index (χ3v) is 2.81. The van der Waals surface area contributed by atoms with Gasteiger partial charge in [-0.2, -0.15) is 0 Å². The van der Waals surface area contributed by atoms with Crippen molar-refractivity contribution in [3.63, 3.8) is 0 Å². The lowest BCUT2D eigenvalue weighted by Crippen LogP contribution is -2.35. The van der Waals surface area contributed by atoms with Crippen LogP contribution in [-0.4, -0.2) is 29.8 Å². The largest absolute Gasteiger partial charge is 0.346 e. The second-order valence-corrected chi connectivity index (χ2v) is 4.25. The maximum absolute atomic E-state index is 11.5. The quantitative estimate of drug-likeness (QED) is 0.533. The molecule has 0 aromatic carbocycles. The zero-order chi connectivity index (χ0) is 9.14. The minimum Gasteiger partial charge on any atom is -0.346 e. The zero-order valence-electron chi connectivity index (χ0n) is 7.72. The number of nitrogens with zero attached hydrogens (tertiary/aromatic N) is 1. The smallest absolute Gasteiger partial charge is 0.225 e. The molecule has 12 heavy (non-hydrogen) atoms. The average molecular weight is 190 g/mol. The monoisotopic (exact) mass is 189 g/mol. The van der Waals surface area contributed by atoms with Gasteiger partial charge in [-0.05, 0) is 19.3 Å². The SMILES string of the molecule is CC1CC(Cl)CCCN(C)C1=O. The Bertz CT molecular complexity index is 172. The van der Waals surface area contributed by atoms with Crippen molar-refractivity contribution < 1.29 is 4.79 Å². The minimum absolute atomic E-state index is 0.0952. The summed E-state index contributed by atoms with van der Waals surface area (Å²) in [6, 6.07) is 0. The third kappa shape index (κ3) is 2.37. The highest BCUT2D eigenvalue weighted by Crippen LogP contribution is 2.20. The van der Waals surface area contributed by atoms with Gasteiger partial charge in [-0.1, -0.05) is 6.92 Å². The summed E-state index contributed by atoms with van der Waals surface area (Å²) >= 11 is 6.03. The maximum Gasteiger partial charge on any atom is 0.225 e. The summed E-state index contributed by atoms with van der Waals surface area (Å²) in [7, 11) is 1.87. The maximum atomic E-state index is 11.5. The zero-order valence-corrected chi connectivity index (χ0v) is 8.47. The molecule has 1 aliphatic rings. The highest BCUT2D eigenvalue weighted by Gasteiger charge is 2.23. The summed E-state index contributed by atoms with van der Waals surface area (Å²) in [4.78, 5) is 13.3. The van der Waals surface area contributed by atoms with Gasteiger partial charge < -0.3 is 4.90 Å². The molecule has 0 spiro atoms. The molecule has 1 amide bonds. The number of carbonyl (C=O) groups is 1. The molecule has 1 rings (SSSR count). The normalized spacial score (nSPS) is 32.9. The van der Waals surface area contributed by atoms with E-state index in [1.807, 2.05) is 18.9 Å². The molecule has 2 nitrogen and oxygen atoms in total. The van der Waals surface area contributed by atoms with Gasteiger partial charge >= 0.3 is 0 Å². The number of amides is 1. The minimum atomic E-state index is 0.0952. The fourth-order valence-electron chi connectivity index (χ4n) is 1.64. The van der Waals surface area contributed by atoms with Crippen molar-refractivity contribution >= 4 is 17.5 Å². The summed E-state index contributed by atoms with van der Waals surface area (Å²) in [5, 5.41) is 0.192. The van der Waals surface area contributed by atoms with Gasteiger partial charge in [0.2, 0.25) is 5.91 Å².